The summed E-state index contributed by atoms with van der Waals surface area (Å²) in [5.74, 6) is -11.7. The normalized spacial score (nSPS) is 25.2. The Morgan fingerprint density at radius 3 is 2.11 bits per heavy atom. The minimum atomic E-state index is -2.53. The molecular weight excluding hydrogens is 1220 g/mol. The number of benzene rings is 2. The Labute approximate surface area is 525 Å². The topological polar surface area (TPSA) is 496 Å². The quantitative estimate of drug-likeness (QED) is 0.0158. The highest BCUT2D eigenvalue weighted by Crippen LogP contribution is 2.34. The zero-order valence-corrected chi connectivity index (χ0v) is 50.8. The number of carbonyl (C=O) groups is 8. The number of β-amino-alcohol motifs (C(OH)–C–C–N with tert-alkyl or cyclic N) is 1. The summed E-state index contributed by atoms with van der Waals surface area (Å²) in [5, 5.41) is 127. The van der Waals surface area contributed by atoms with E-state index in [1.165, 1.54) is 63.3 Å². The molecule has 16 N–H and O–H groups in total. The van der Waals surface area contributed by atoms with Gasteiger partial charge in [-0.1, -0.05) is 74.2 Å². The van der Waals surface area contributed by atoms with Crippen LogP contribution in [0.5, 0.6) is 11.5 Å². The lowest BCUT2D eigenvalue weighted by atomic mass is 9.96. The molecule has 14 atom stereocenters. The molecule has 3 aliphatic rings. The van der Waals surface area contributed by atoms with Crippen LogP contribution < -0.4 is 36.5 Å². The minimum absolute atomic E-state index is 0.0247. The second kappa shape index (κ2) is 32.9. The summed E-state index contributed by atoms with van der Waals surface area (Å²) in [6.45, 7) is 3.56. The number of unbranched alkanes of at least 4 members (excludes halogenated alkanes) is 7. The molecule has 0 aliphatic carbocycles. The third-order valence-corrected chi connectivity index (χ3v) is 16.2. The summed E-state index contributed by atoms with van der Waals surface area (Å²) in [4.78, 5) is 115. The Kier molecular flexibility index (Phi) is 25.5. The highest BCUT2D eigenvalue weighted by molar-refractivity contribution is 7.90. The number of nitrogens with one attached hydrogen (secondary N) is 5. The number of rotatable bonds is 24. The smallest absolute Gasteiger partial charge is 0.261 e. The van der Waals surface area contributed by atoms with Crippen molar-refractivity contribution in [2.75, 3.05) is 19.6 Å². The maximum Gasteiger partial charge on any atom is 0.261 e. The molecule has 4 aromatic rings. The predicted molar refractivity (Wildman–Crippen MR) is 315 cm³/mol. The molecule has 3 aliphatic heterocycles. The number of aromatic nitrogens is 4. The maximum atomic E-state index is 14.7. The third kappa shape index (κ3) is 18.4. The van der Waals surface area contributed by atoms with E-state index in [4.69, 9.17) is 19.6 Å². The van der Waals surface area contributed by atoms with Crippen LogP contribution in [0.1, 0.15) is 113 Å². The van der Waals surface area contributed by atoms with Gasteiger partial charge in [0, 0.05) is 62.3 Å². The highest BCUT2D eigenvalue weighted by atomic mass is 32.2. The third-order valence-electron chi connectivity index (χ3n) is 15.9. The minimum Gasteiger partial charge on any atom is -0.504 e. The number of phenols is 1. The number of hydrogen-bond acceptors (Lipinski definition) is 25. The Morgan fingerprint density at radius 1 is 0.791 bits per heavy atom. The van der Waals surface area contributed by atoms with Crippen LogP contribution in [0.3, 0.4) is 0 Å². The highest BCUT2D eigenvalue weighted by Gasteiger charge is 2.50. The first-order valence-corrected chi connectivity index (χ1v) is 30.3. The number of primary amides is 1. The van der Waals surface area contributed by atoms with Gasteiger partial charge in [-0.15, -0.1) is 10.2 Å². The molecule has 7 rings (SSSR count). The van der Waals surface area contributed by atoms with Crippen LogP contribution in [0.2, 0.25) is 0 Å². The molecular formula is C57H78N12O21S. The first-order valence-electron chi connectivity index (χ1n) is 29.7. The van der Waals surface area contributed by atoms with Crippen molar-refractivity contribution >= 4 is 59.6 Å². The molecule has 3 saturated heterocycles. The average molecular weight is 1300 g/mol. The van der Waals surface area contributed by atoms with Gasteiger partial charge in [-0.3, -0.25) is 43.0 Å². The summed E-state index contributed by atoms with van der Waals surface area (Å²) in [5.41, 5.74) is 5.97. The molecule has 0 bridgehead atoms. The number of hydrogen-bond donors (Lipinski definition) is 15. The van der Waals surface area contributed by atoms with Gasteiger partial charge in [0.2, 0.25) is 47.2 Å². The Hall–Kier alpha value is -7.90. The molecule has 3 fully saturated rings. The molecule has 2 aromatic heterocycles. The molecule has 5 heterocycles. The van der Waals surface area contributed by atoms with Crippen LogP contribution in [0.25, 0.3) is 22.9 Å². The van der Waals surface area contributed by atoms with E-state index in [0.717, 1.165) is 54.2 Å². The number of fused-ring (bicyclic) bond motifs is 2. The van der Waals surface area contributed by atoms with Gasteiger partial charge in [0.15, 0.2) is 11.5 Å². The van der Waals surface area contributed by atoms with E-state index < -0.39 is 183 Å². The van der Waals surface area contributed by atoms with Crippen molar-refractivity contribution in [2.24, 2.45) is 11.7 Å². The summed E-state index contributed by atoms with van der Waals surface area (Å²) in [7, 11) is 0. The van der Waals surface area contributed by atoms with Gasteiger partial charge >= 0.3 is 0 Å². The van der Waals surface area contributed by atoms with Crippen molar-refractivity contribution < 1.29 is 102 Å². The van der Waals surface area contributed by atoms with Crippen LogP contribution in [0.4, 0.5) is 0 Å². The fourth-order valence-corrected chi connectivity index (χ4v) is 11.2. The second-order valence-electron chi connectivity index (χ2n) is 22.8. The fourth-order valence-electron chi connectivity index (χ4n) is 10.9. The van der Waals surface area contributed by atoms with Crippen molar-refractivity contribution in [2.45, 2.75) is 177 Å². The lowest BCUT2D eigenvalue weighted by Crippen LogP contribution is -2.64. The first-order chi connectivity index (χ1) is 43.4. The number of nitrogens with two attached hydrogens (primary N) is 1. The molecule has 498 valence electrons. The molecule has 34 heteroatoms. The number of aromatic hydroxyl groups is 1. The lowest BCUT2D eigenvalue weighted by Gasteiger charge is -2.34. The summed E-state index contributed by atoms with van der Waals surface area (Å²) in [6.07, 6.45) is -3.47. The zero-order valence-electron chi connectivity index (χ0n) is 50.0. The van der Waals surface area contributed by atoms with Crippen LogP contribution in [0, 0.1) is 5.92 Å². The largest absolute Gasteiger partial charge is 0.504 e. The van der Waals surface area contributed by atoms with Crippen LogP contribution in [0.15, 0.2) is 59.3 Å². The van der Waals surface area contributed by atoms with Crippen molar-refractivity contribution in [3.8, 4) is 34.4 Å². The monoisotopic (exact) mass is 1300 g/mol. The SMILES string of the molecule is CCCCCCCCCCn1cc(-c2nnc(-c3ccc(C(=O)NC4CC(O)CNC(=O)C5C(O)C(C)CN5C(=O)C(C(O)CC(N)=O)NC(=O)C(C(O)C(O)c5ccc(O)c(OSOOO)c5)NC(=O)C5CC(O)CN5C(=O)C(C(C)O)NC4=O)cc3)o2)cn1. The average Bonchev–Trinajstić information content (AvgIpc) is 1.91. The van der Waals surface area contributed by atoms with Gasteiger partial charge in [0.25, 0.3) is 24.1 Å². The van der Waals surface area contributed by atoms with E-state index in [-0.39, 0.29) is 35.2 Å². The molecule has 14 unspecified atom stereocenters. The van der Waals surface area contributed by atoms with Gasteiger partial charge in [-0.05, 0) is 55.3 Å². The van der Waals surface area contributed by atoms with E-state index in [9.17, 15) is 79.2 Å². The number of carbonyl (C=O) groups excluding carboxylic acids is 8. The summed E-state index contributed by atoms with van der Waals surface area (Å²) in [6, 6.07) is -3.71. The van der Waals surface area contributed by atoms with E-state index in [0.29, 0.717) is 17.7 Å². The molecule has 33 nitrogen and oxygen atoms in total. The van der Waals surface area contributed by atoms with E-state index in [2.05, 4.69) is 58.2 Å². The Bertz CT molecular complexity index is 3160. The molecule has 0 spiro atoms. The maximum absolute atomic E-state index is 14.7. The van der Waals surface area contributed by atoms with Gasteiger partial charge in [0.05, 0.1) is 48.7 Å². The van der Waals surface area contributed by atoms with Crippen LogP contribution in [-0.4, -0.2) is 216 Å². The van der Waals surface area contributed by atoms with Crippen LogP contribution >= 0.6 is 12.3 Å². The number of aryl methyl sites for hydroxylation is 1. The fraction of sp³-hybridized carbons (Fsp3) is 0.561. The number of amides is 8. The van der Waals surface area contributed by atoms with Crippen molar-refractivity contribution in [3.63, 3.8) is 0 Å². The second-order valence-corrected chi connectivity index (χ2v) is 23.2. The van der Waals surface area contributed by atoms with Gasteiger partial charge in [0.1, 0.15) is 48.5 Å². The lowest BCUT2D eigenvalue weighted by molar-refractivity contribution is -0.433. The van der Waals surface area contributed by atoms with Gasteiger partial charge in [-0.2, -0.15) is 5.10 Å². The van der Waals surface area contributed by atoms with Crippen molar-refractivity contribution in [1.29, 1.82) is 0 Å². The van der Waals surface area contributed by atoms with E-state index in [1.807, 2.05) is 0 Å². The Balaban J connectivity index is 1.17. The molecule has 0 saturated carbocycles. The summed E-state index contributed by atoms with van der Waals surface area (Å²) >= 11 is -0.0247. The standard InChI is InChI=1S/C57H78N12O21S/c1-4-5-6-7-8-9-10-11-18-67-26-33(23-60-67)55-66-65-54(87-55)31-14-12-30(13-15-31)49(79)61-36-20-34(71)24-59-53(83)45-46(76)28(2)25-69(45)57(85)43(39(74)22-41(58)75)63-52(82)44(48(78)47(77)32-16-17-38(73)40(19-32)88-91-90-89-86)64-51(81)37-21-35(72)27-68(37)56(84)42(29(3)70)62-50(36)80/h12-17,19,23,26,28-29,34-37,39,42-48,70-74,76-78,86H,4-11,18,20-22,24-25,27H2,1-3H3,(H2,58,75)(H,59,83)(H,61,79)(H,62,80)(H,63,82)(H,64,81). The zero-order chi connectivity index (χ0) is 66.2. The Morgan fingerprint density at radius 2 is 1.44 bits per heavy atom. The van der Waals surface area contributed by atoms with Crippen molar-refractivity contribution in [1.82, 2.24) is 56.4 Å². The number of nitrogens with zero attached hydrogens (tertiary/aromatic N) is 6. The number of aliphatic hydroxyl groups excluding tert-OH is 7. The van der Waals surface area contributed by atoms with E-state index >= 15 is 0 Å². The summed E-state index contributed by atoms with van der Waals surface area (Å²) < 4.78 is 17.0. The first kappa shape index (κ1) is 70.6. The molecule has 2 aromatic carbocycles. The van der Waals surface area contributed by atoms with Gasteiger partial charge < -0.3 is 91.6 Å². The van der Waals surface area contributed by atoms with Crippen LogP contribution in [-0.2, 0) is 49.5 Å². The molecule has 91 heavy (non-hydrogen) atoms. The molecule has 8 amide bonds. The van der Waals surface area contributed by atoms with Gasteiger partial charge in [-0.25, -0.2) is 5.26 Å². The number of aliphatic hydroxyl groups is 7. The predicted octanol–water partition coefficient (Wildman–Crippen LogP) is -1.88. The number of phenolic OH excluding ortho intramolecular Hbond substituents is 1. The van der Waals surface area contributed by atoms with Crippen molar-refractivity contribution in [3.05, 3.63) is 66.0 Å². The van der Waals surface area contributed by atoms with E-state index in [1.54, 1.807) is 17.1 Å². The molecule has 0 radical (unpaired) electrons.